The molecule has 1 fully saturated rings. The zero-order valence-corrected chi connectivity index (χ0v) is 10.2. The molecule has 0 radical (unpaired) electrons. The third-order valence-electron chi connectivity index (χ3n) is 2.92. The summed E-state index contributed by atoms with van der Waals surface area (Å²) in [5.41, 5.74) is 5.35. The standard InChI is InChI=1S/C12H15F3N2O/c1-7-6-17(8(2)18-7)11-4-9(12(13,14)15)3-10(16)5-11/h3-5,7-8H,6,16H2,1-2H3. The van der Waals surface area contributed by atoms with Crippen molar-refractivity contribution in [2.24, 2.45) is 0 Å². The first-order chi connectivity index (χ1) is 8.27. The second-order valence-corrected chi connectivity index (χ2v) is 4.51. The van der Waals surface area contributed by atoms with Gasteiger partial charge < -0.3 is 15.4 Å². The summed E-state index contributed by atoms with van der Waals surface area (Å²) in [6, 6.07) is 3.58. The summed E-state index contributed by atoms with van der Waals surface area (Å²) >= 11 is 0. The van der Waals surface area contributed by atoms with Gasteiger partial charge in [-0.15, -0.1) is 0 Å². The number of ether oxygens (including phenoxy) is 1. The summed E-state index contributed by atoms with van der Waals surface area (Å²) < 4.78 is 43.6. The predicted octanol–water partition coefficient (Wildman–Crippen LogP) is 2.86. The van der Waals surface area contributed by atoms with E-state index in [4.69, 9.17) is 10.5 Å². The highest BCUT2D eigenvalue weighted by atomic mass is 19.4. The van der Waals surface area contributed by atoms with Gasteiger partial charge in [0.2, 0.25) is 0 Å². The van der Waals surface area contributed by atoms with Crippen LogP contribution in [0.1, 0.15) is 19.4 Å². The van der Waals surface area contributed by atoms with Crippen molar-refractivity contribution in [3.8, 4) is 0 Å². The SMILES string of the molecule is CC1CN(c2cc(N)cc(C(F)(F)F)c2)C(C)O1. The maximum absolute atomic E-state index is 12.7. The van der Waals surface area contributed by atoms with Crippen LogP contribution in [0.25, 0.3) is 0 Å². The summed E-state index contributed by atoms with van der Waals surface area (Å²) in [4.78, 5) is 1.77. The second-order valence-electron chi connectivity index (χ2n) is 4.51. The number of anilines is 2. The van der Waals surface area contributed by atoms with Crippen molar-refractivity contribution >= 4 is 11.4 Å². The van der Waals surface area contributed by atoms with Crippen molar-refractivity contribution in [3.63, 3.8) is 0 Å². The second kappa shape index (κ2) is 4.35. The zero-order valence-electron chi connectivity index (χ0n) is 10.2. The van der Waals surface area contributed by atoms with Gasteiger partial charge in [-0.3, -0.25) is 0 Å². The van der Waals surface area contributed by atoms with E-state index in [0.29, 0.717) is 12.2 Å². The Morgan fingerprint density at radius 3 is 2.44 bits per heavy atom. The summed E-state index contributed by atoms with van der Waals surface area (Å²) in [6.45, 7) is 4.25. The summed E-state index contributed by atoms with van der Waals surface area (Å²) in [7, 11) is 0. The van der Waals surface area contributed by atoms with Crippen LogP contribution in [0.3, 0.4) is 0 Å². The molecule has 2 unspecified atom stereocenters. The molecule has 1 aromatic carbocycles. The molecule has 3 nitrogen and oxygen atoms in total. The Morgan fingerprint density at radius 2 is 1.94 bits per heavy atom. The van der Waals surface area contributed by atoms with Crippen LogP contribution in [-0.4, -0.2) is 18.9 Å². The minimum absolute atomic E-state index is 0.00392. The van der Waals surface area contributed by atoms with Gasteiger partial charge in [-0.2, -0.15) is 13.2 Å². The van der Waals surface area contributed by atoms with Gasteiger partial charge in [-0.1, -0.05) is 0 Å². The molecule has 1 aliphatic heterocycles. The molecular formula is C12H15F3N2O. The van der Waals surface area contributed by atoms with E-state index in [1.54, 1.807) is 11.8 Å². The highest BCUT2D eigenvalue weighted by Gasteiger charge is 2.33. The van der Waals surface area contributed by atoms with Crippen LogP contribution in [-0.2, 0) is 10.9 Å². The van der Waals surface area contributed by atoms with E-state index in [9.17, 15) is 13.2 Å². The fraction of sp³-hybridized carbons (Fsp3) is 0.500. The molecule has 0 aliphatic carbocycles. The van der Waals surface area contributed by atoms with E-state index < -0.39 is 11.7 Å². The van der Waals surface area contributed by atoms with Crippen LogP contribution in [0.15, 0.2) is 18.2 Å². The number of halogens is 3. The minimum Gasteiger partial charge on any atom is -0.399 e. The molecule has 0 spiro atoms. The van der Waals surface area contributed by atoms with Gasteiger partial charge >= 0.3 is 6.18 Å². The molecule has 1 aromatic rings. The van der Waals surface area contributed by atoms with Crippen molar-refractivity contribution in [1.82, 2.24) is 0 Å². The van der Waals surface area contributed by atoms with Crippen LogP contribution in [0.4, 0.5) is 24.5 Å². The Hall–Kier alpha value is -1.43. The van der Waals surface area contributed by atoms with E-state index in [-0.39, 0.29) is 18.0 Å². The topological polar surface area (TPSA) is 38.5 Å². The molecule has 18 heavy (non-hydrogen) atoms. The van der Waals surface area contributed by atoms with Gasteiger partial charge in [0.1, 0.15) is 6.23 Å². The van der Waals surface area contributed by atoms with Gasteiger partial charge in [-0.25, -0.2) is 0 Å². The first-order valence-corrected chi connectivity index (χ1v) is 5.67. The number of benzene rings is 1. The van der Waals surface area contributed by atoms with Crippen LogP contribution >= 0.6 is 0 Å². The van der Waals surface area contributed by atoms with Crippen molar-refractivity contribution < 1.29 is 17.9 Å². The van der Waals surface area contributed by atoms with Crippen molar-refractivity contribution in [3.05, 3.63) is 23.8 Å². The monoisotopic (exact) mass is 260 g/mol. The zero-order chi connectivity index (χ0) is 13.5. The van der Waals surface area contributed by atoms with Gasteiger partial charge in [0.05, 0.1) is 11.7 Å². The molecular weight excluding hydrogens is 245 g/mol. The molecule has 0 bridgehead atoms. The van der Waals surface area contributed by atoms with Gasteiger partial charge in [0.15, 0.2) is 0 Å². The number of hydrogen-bond acceptors (Lipinski definition) is 3. The Bertz CT molecular complexity index is 447. The molecule has 0 aromatic heterocycles. The first kappa shape index (κ1) is 13.0. The van der Waals surface area contributed by atoms with Crippen molar-refractivity contribution in [1.29, 1.82) is 0 Å². The van der Waals surface area contributed by atoms with Crippen LogP contribution < -0.4 is 10.6 Å². The maximum Gasteiger partial charge on any atom is 0.416 e. The lowest BCUT2D eigenvalue weighted by molar-refractivity contribution is -0.137. The quantitative estimate of drug-likeness (QED) is 0.789. The minimum atomic E-state index is -4.39. The van der Waals surface area contributed by atoms with E-state index in [1.807, 2.05) is 6.92 Å². The van der Waals surface area contributed by atoms with Gasteiger partial charge in [-0.05, 0) is 32.0 Å². The van der Waals surface area contributed by atoms with E-state index >= 15 is 0 Å². The van der Waals surface area contributed by atoms with Gasteiger partial charge in [0, 0.05) is 17.9 Å². The Balaban J connectivity index is 2.37. The number of nitrogens with zero attached hydrogens (tertiary/aromatic N) is 1. The van der Waals surface area contributed by atoms with E-state index in [2.05, 4.69) is 0 Å². The normalized spacial score (nSPS) is 24.6. The average molecular weight is 260 g/mol. The largest absolute Gasteiger partial charge is 0.416 e. The number of hydrogen-bond donors (Lipinski definition) is 1. The number of alkyl halides is 3. The Labute approximate surface area is 103 Å². The number of nitrogens with two attached hydrogens (primary N) is 1. The lowest BCUT2D eigenvalue weighted by atomic mass is 10.1. The molecule has 2 rings (SSSR count). The lowest BCUT2D eigenvalue weighted by Gasteiger charge is -2.23. The highest BCUT2D eigenvalue weighted by molar-refractivity contribution is 5.59. The molecule has 0 saturated carbocycles. The summed E-state index contributed by atoms with van der Waals surface area (Å²) in [5.74, 6) is 0. The molecule has 1 saturated heterocycles. The molecule has 6 heteroatoms. The van der Waals surface area contributed by atoms with Crippen LogP contribution in [0.2, 0.25) is 0 Å². The predicted molar refractivity (Wildman–Crippen MR) is 63.2 cm³/mol. The Morgan fingerprint density at radius 1 is 1.28 bits per heavy atom. The fourth-order valence-electron chi connectivity index (χ4n) is 2.16. The smallest absolute Gasteiger partial charge is 0.399 e. The molecule has 2 N–H and O–H groups in total. The van der Waals surface area contributed by atoms with Crippen molar-refractivity contribution in [2.75, 3.05) is 17.2 Å². The summed E-state index contributed by atoms with van der Waals surface area (Å²) in [6.07, 6.45) is -4.64. The van der Waals surface area contributed by atoms with E-state index in [1.165, 1.54) is 6.07 Å². The first-order valence-electron chi connectivity index (χ1n) is 5.67. The molecule has 1 heterocycles. The third-order valence-corrected chi connectivity index (χ3v) is 2.92. The molecule has 0 amide bonds. The van der Waals surface area contributed by atoms with Crippen LogP contribution in [0, 0.1) is 0 Å². The number of nitrogen functional groups attached to an aromatic ring is 1. The molecule has 1 aliphatic rings. The van der Waals surface area contributed by atoms with Crippen LogP contribution in [0.5, 0.6) is 0 Å². The lowest BCUT2D eigenvalue weighted by Crippen LogP contribution is -2.27. The molecule has 100 valence electrons. The van der Waals surface area contributed by atoms with E-state index in [0.717, 1.165) is 12.1 Å². The Kier molecular flexibility index (Phi) is 3.14. The highest BCUT2D eigenvalue weighted by Crippen LogP contribution is 2.35. The van der Waals surface area contributed by atoms with Crippen molar-refractivity contribution in [2.45, 2.75) is 32.4 Å². The van der Waals surface area contributed by atoms with Gasteiger partial charge in [0.25, 0.3) is 0 Å². The average Bonchev–Trinajstić information content (AvgIpc) is 2.55. The third kappa shape index (κ3) is 2.53. The molecule has 2 atom stereocenters. The maximum atomic E-state index is 12.7. The fourth-order valence-corrected chi connectivity index (χ4v) is 2.16. The number of rotatable bonds is 1. The summed E-state index contributed by atoms with van der Waals surface area (Å²) in [5, 5.41) is 0.